The van der Waals surface area contributed by atoms with Gasteiger partial charge in [0, 0.05) is 49.3 Å². The van der Waals surface area contributed by atoms with Crippen LogP contribution in [0.15, 0.2) is 36.7 Å². The van der Waals surface area contributed by atoms with Gasteiger partial charge in [0.05, 0.1) is 0 Å². The molecule has 0 N–H and O–H groups in total. The molecule has 0 spiro atoms. The van der Waals surface area contributed by atoms with Gasteiger partial charge in [-0.2, -0.15) is 0 Å². The average molecular weight is 308 g/mol. The number of carbonyl (C=O) groups is 1. The minimum atomic E-state index is 0.183. The highest BCUT2D eigenvalue weighted by molar-refractivity contribution is 6.00. The molecule has 3 heterocycles. The number of rotatable bonds is 2. The number of hydrogen-bond acceptors (Lipinski definition) is 3. The SMILES string of the molecule is Cc1cc(-c2cccnc2)cc2c1C(=O)N(C1CCOCC1)C2. The molecule has 0 aliphatic carbocycles. The summed E-state index contributed by atoms with van der Waals surface area (Å²) < 4.78 is 5.43. The first-order valence-corrected chi connectivity index (χ1v) is 8.16. The molecule has 1 aromatic carbocycles. The van der Waals surface area contributed by atoms with Gasteiger partial charge in [0.1, 0.15) is 0 Å². The Morgan fingerprint density at radius 2 is 2.04 bits per heavy atom. The number of benzene rings is 1. The van der Waals surface area contributed by atoms with Crippen LogP contribution < -0.4 is 0 Å². The Morgan fingerprint density at radius 3 is 2.78 bits per heavy atom. The Hall–Kier alpha value is -2.20. The van der Waals surface area contributed by atoms with Crippen LogP contribution in [0, 0.1) is 6.92 Å². The van der Waals surface area contributed by atoms with Crippen molar-refractivity contribution in [1.29, 1.82) is 0 Å². The summed E-state index contributed by atoms with van der Waals surface area (Å²) in [5.74, 6) is 0.183. The average Bonchev–Trinajstić information content (AvgIpc) is 2.94. The maximum atomic E-state index is 12.8. The topological polar surface area (TPSA) is 42.4 Å². The van der Waals surface area contributed by atoms with Gasteiger partial charge in [0.25, 0.3) is 5.91 Å². The van der Waals surface area contributed by atoms with Crippen LogP contribution >= 0.6 is 0 Å². The van der Waals surface area contributed by atoms with E-state index >= 15 is 0 Å². The van der Waals surface area contributed by atoms with E-state index in [1.165, 1.54) is 0 Å². The number of aryl methyl sites for hydroxylation is 1. The lowest BCUT2D eigenvalue weighted by molar-refractivity contribution is 0.0303. The molecule has 0 unspecified atom stereocenters. The third kappa shape index (κ3) is 2.53. The van der Waals surface area contributed by atoms with Gasteiger partial charge in [-0.3, -0.25) is 9.78 Å². The van der Waals surface area contributed by atoms with Crippen molar-refractivity contribution in [3.63, 3.8) is 0 Å². The summed E-state index contributed by atoms with van der Waals surface area (Å²) in [5, 5.41) is 0. The highest BCUT2D eigenvalue weighted by atomic mass is 16.5. The van der Waals surface area contributed by atoms with Crippen LogP contribution in [0.25, 0.3) is 11.1 Å². The van der Waals surface area contributed by atoms with Crippen LogP contribution in [-0.2, 0) is 11.3 Å². The van der Waals surface area contributed by atoms with Crippen molar-refractivity contribution in [3.8, 4) is 11.1 Å². The van der Waals surface area contributed by atoms with Gasteiger partial charge in [0.15, 0.2) is 0 Å². The molecule has 4 nitrogen and oxygen atoms in total. The number of pyridine rings is 1. The second-order valence-electron chi connectivity index (χ2n) is 6.35. The van der Waals surface area contributed by atoms with E-state index in [0.29, 0.717) is 12.6 Å². The Morgan fingerprint density at radius 1 is 1.22 bits per heavy atom. The van der Waals surface area contributed by atoms with Gasteiger partial charge in [-0.1, -0.05) is 12.1 Å². The summed E-state index contributed by atoms with van der Waals surface area (Å²) in [4.78, 5) is 19.1. The first-order valence-electron chi connectivity index (χ1n) is 8.16. The van der Waals surface area contributed by atoms with E-state index in [0.717, 1.165) is 53.9 Å². The normalized spacial score (nSPS) is 18.3. The highest BCUT2D eigenvalue weighted by Gasteiger charge is 2.34. The molecule has 23 heavy (non-hydrogen) atoms. The van der Waals surface area contributed by atoms with Gasteiger partial charge < -0.3 is 9.64 Å². The standard InChI is InChI=1S/C19H20N2O2/c1-13-9-15(14-3-2-6-20-11-14)10-16-12-21(19(22)18(13)16)17-4-7-23-8-5-17/h2-3,6,9-11,17H,4-5,7-8,12H2,1H3. The number of carbonyl (C=O) groups excluding carboxylic acids is 1. The summed E-state index contributed by atoms with van der Waals surface area (Å²) in [6.45, 7) is 4.26. The van der Waals surface area contributed by atoms with E-state index in [2.05, 4.69) is 23.2 Å². The maximum Gasteiger partial charge on any atom is 0.255 e. The fourth-order valence-corrected chi connectivity index (χ4v) is 3.68. The Labute approximate surface area is 136 Å². The lowest BCUT2D eigenvalue weighted by Gasteiger charge is -2.30. The van der Waals surface area contributed by atoms with Gasteiger partial charge in [-0.25, -0.2) is 0 Å². The molecule has 4 rings (SSSR count). The molecular weight excluding hydrogens is 288 g/mol. The van der Waals surface area contributed by atoms with Crippen LogP contribution in [0.5, 0.6) is 0 Å². The van der Waals surface area contributed by atoms with Crippen molar-refractivity contribution in [2.45, 2.75) is 32.4 Å². The Balaban J connectivity index is 1.69. The van der Waals surface area contributed by atoms with Crippen LogP contribution in [-0.4, -0.2) is 35.0 Å². The summed E-state index contributed by atoms with van der Waals surface area (Å²) in [6.07, 6.45) is 5.52. The predicted molar refractivity (Wildman–Crippen MR) is 88.1 cm³/mol. The van der Waals surface area contributed by atoms with E-state index in [1.54, 1.807) is 6.20 Å². The third-order valence-electron chi connectivity index (χ3n) is 4.86. The van der Waals surface area contributed by atoms with Crippen molar-refractivity contribution < 1.29 is 9.53 Å². The fraction of sp³-hybridized carbons (Fsp3) is 0.368. The molecule has 0 saturated carbocycles. The summed E-state index contributed by atoms with van der Waals surface area (Å²) in [5.41, 5.74) is 5.32. The lowest BCUT2D eigenvalue weighted by atomic mass is 9.97. The zero-order valence-electron chi connectivity index (χ0n) is 13.3. The molecule has 118 valence electrons. The van der Waals surface area contributed by atoms with Crippen molar-refractivity contribution >= 4 is 5.91 Å². The zero-order chi connectivity index (χ0) is 15.8. The zero-order valence-corrected chi connectivity index (χ0v) is 13.3. The minimum absolute atomic E-state index is 0.183. The second kappa shape index (κ2) is 5.78. The lowest BCUT2D eigenvalue weighted by Crippen LogP contribution is -2.39. The van der Waals surface area contributed by atoms with E-state index in [4.69, 9.17) is 4.74 Å². The first-order chi connectivity index (χ1) is 11.2. The quantitative estimate of drug-likeness (QED) is 0.855. The highest BCUT2D eigenvalue weighted by Crippen LogP contribution is 2.33. The molecule has 0 bridgehead atoms. The second-order valence-corrected chi connectivity index (χ2v) is 6.35. The smallest absolute Gasteiger partial charge is 0.255 e. The van der Waals surface area contributed by atoms with E-state index < -0.39 is 0 Å². The number of fused-ring (bicyclic) bond motifs is 1. The molecule has 1 amide bonds. The van der Waals surface area contributed by atoms with E-state index in [9.17, 15) is 4.79 Å². The predicted octanol–water partition coefficient (Wildman–Crippen LogP) is 3.19. The van der Waals surface area contributed by atoms with Gasteiger partial charge in [0.2, 0.25) is 0 Å². The molecule has 0 atom stereocenters. The van der Waals surface area contributed by atoms with Gasteiger partial charge in [-0.05, 0) is 48.6 Å². The molecule has 2 aliphatic heterocycles. The minimum Gasteiger partial charge on any atom is -0.381 e. The van der Waals surface area contributed by atoms with Crippen LogP contribution in [0.4, 0.5) is 0 Å². The van der Waals surface area contributed by atoms with Crippen molar-refractivity contribution in [2.24, 2.45) is 0 Å². The molecule has 1 saturated heterocycles. The maximum absolute atomic E-state index is 12.8. The largest absolute Gasteiger partial charge is 0.381 e. The number of ether oxygens (including phenoxy) is 1. The third-order valence-corrected chi connectivity index (χ3v) is 4.86. The molecule has 4 heteroatoms. The molecule has 1 fully saturated rings. The van der Waals surface area contributed by atoms with Crippen molar-refractivity contribution in [2.75, 3.05) is 13.2 Å². The molecule has 2 aliphatic rings. The number of aromatic nitrogens is 1. The number of amides is 1. The number of nitrogens with zero attached hydrogens (tertiary/aromatic N) is 2. The summed E-state index contributed by atoms with van der Waals surface area (Å²) in [6, 6.07) is 8.56. The molecule has 1 aromatic heterocycles. The van der Waals surface area contributed by atoms with Crippen LogP contribution in [0.1, 0.15) is 34.3 Å². The molecule has 2 aromatic rings. The first kappa shape index (κ1) is 14.4. The number of hydrogen-bond donors (Lipinski definition) is 0. The molecule has 0 radical (unpaired) electrons. The van der Waals surface area contributed by atoms with Crippen molar-refractivity contribution in [1.82, 2.24) is 9.88 Å². The van der Waals surface area contributed by atoms with Gasteiger partial charge in [-0.15, -0.1) is 0 Å². The summed E-state index contributed by atoms with van der Waals surface area (Å²) in [7, 11) is 0. The Bertz CT molecular complexity index is 737. The van der Waals surface area contributed by atoms with Crippen LogP contribution in [0.3, 0.4) is 0 Å². The fourth-order valence-electron chi connectivity index (χ4n) is 3.68. The van der Waals surface area contributed by atoms with E-state index in [1.807, 2.05) is 24.1 Å². The van der Waals surface area contributed by atoms with Gasteiger partial charge >= 0.3 is 0 Å². The Kier molecular flexibility index (Phi) is 3.62. The summed E-state index contributed by atoms with van der Waals surface area (Å²) >= 11 is 0. The van der Waals surface area contributed by atoms with E-state index in [-0.39, 0.29) is 5.91 Å². The van der Waals surface area contributed by atoms with Crippen molar-refractivity contribution in [3.05, 3.63) is 53.3 Å². The molecular formula is C19H20N2O2. The monoisotopic (exact) mass is 308 g/mol. The van der Waals surface area contributed by atoms with Crippen LogP contribution in [0.2, 0.25) is 0 Å².